The van der Waals surface area contributed by atoms with Crippen molar-refractivity contribution in [2.24, 2.45) is 0 Å². The van der Waals surface area contributed by atoms with Gasteiger partial charge in [0.15, 0.2) is 0 Å². The van der Waals surface area contributed by atoms with E-state index in [2.05, 4.69) is 20.0 Å². The quantitative estimate of drug-likeness (QED) is 0.880. The summed E-state index contributed by atoms with van der Waals surface area (Å²) in [7, 11) is -3.24. The van der Waals surface area contributed by atoms with Gasteiger partial charge in [-0.25, -0.2) is 8.42 Å². The van der Waals surface area contributed by atoms with Gasteiger partial charge >= 0.3 is 0 Å². The number of anilines is 2. The number of benzene rings is 1. The Labute approximate surface area is 118 Å². The second-order valence-electron chi connectivity index (χ2n) is 4.45. The Bertz CT molecular complexity index is 657. The number of nitrogens with zero attached hydrogens (tertiary/aromatic N) is 2. The summed E-state index contributed by atoms with van der Waals surface area (Å²) in [5.41, 5.74) is 2.25. The zero-order chi connectivity index (χ0) is 14.6. The minimum absolute atomic E-state index is 0.0115. The van der Waals surface area contributed by atoms with Crippen molar-refractivity contribution in [1.82, 2.24) is 9.97 Å². The molecule has 6 nitrogen and oxygen atoms in total. The predicted molar refractivity (Wildman–Crippen MR) is 79.0 cm³/mol. The molecule has 0 radical (unpaired) electrons. The van der Waals surface area contributed by atoms with Gasteiger partial charge in [-0.3, -0.25) is 14.7 Å². The van der Waals surface area contributed by atoms with Gasteiger partial charge in [0.2, 0.25) is 10.0 Å². The fourth-order valence-corrected chi connectivity index (χ4v) is 2.27. The van der Waals surface area contributed by atoms with Crippen LogP contribution < -0.4 is 10.0 Å². The molecule has 1 aromatic heterocycles. The minimum Gasteiger partial charge on any atom is -0.377 e. The third kappa shape index (κ3) is 4.20. The normalized spacial score (nSPS) is 12.7. The first-order valence-corrected chi connectivity index (χ1v) is 7.93. The topological polar surface area (TPSA) is 84.0 Å². The summed E-state index contributed by atoms with van der Waals surface area (Å²) in [6, 6.07) is 7.03. The summed E-state index contributed by atoms with van der Waals surface area (Å²) in [4.78, 5) is 8.25. The summed E-state index contributed by atoms with van der Waals surface area (Å²) in [6.07, 6.45) is 6.10. The van der Waals surface area contributed by atoms with Crippen LogP contribution in [0.25, 0.3) is 0 Å². The average molecular weight is 292 g/mol. The third-order valence-electron chi connectivity index (χ3n) is 2.60. The van der Waals surface area contributed by atoms with Crippen molar-refractivity contribution < 1.29 is 8.42 Å². The minimum atomic E-state index is -3.24. The Morgan fingerprint density at radius 1 is 1.10 bits per heavy atom. The molecule has 0 fully saturated rings. The van der Waals surface area contributed by atoms with Crippen LogP contribution in [0.5, 0.6) is 0 Å². The molecule has 1 atom stereocenters. The van der Waals surface area contributed by atoms with Gasteiger partial charge in [-0.15, -0.1) is 0 Å². The van der Waals surface area contributed by atoms with Gasteiger partial charge in [0.1, 0.15) is 0 Å². The molecule has 0 saturated carbocycles. The molecule has 106 valence electrons. The van der Waals surface area contributed by atoms with E-state index >= 15 is 0 Å². The highest BCUT2D eigenvalue weighted by atomic mass is 32.2. The highest BCUT2D eigenvalue weighted by molar-refractivity contribution is 7.92. The van der Waals surface area contributed by atoms with E-state index in [-0.39, 0.29) is 6.04 Å². The van der Waals surface area contributed by atoms with Crippen LogP contribution in [0.15, 0.2) is 42.9 Å². The molecule has 1 heterocycles. The third-order valence-corrected chi connectivity index (χ3v) is 3.20. The molecule has 20 heavy (non-hydrogen) atoms. The fourth-order valence-electron chi connectivity index (χ4n) is 1.71. The average Bonchev–Trinajstić information content (AvgIpc) is 2.40. The summed E-state index contributed by atoms with van der Waals surface area (Å²) in [5.74, 6) is 0. The van der Waals surface area contributed by atoms with Gasteiger partial charge < -0.3 is 5.32 Å². The van der Waals surface area contributed by atoms with Gasteiger partial charge in [-0.05, 0) is 31.2 Å². The van der Waals surface area contributed by atoms with Crippen LogP contribution in [0.2, 0.25) is 0 Å². The maximum absolute atomic E-state index is 11.1. The Morgan fingerprint density at radius 3 is 2.30 bits per heavy atom. The fraction of sp³-hybridized carbons (Fsp3) is 0.231. The van der Waals surface area contributed by atoms with Gasteiger partial charge in [0, 0.05) is 23.8 Å². The van der Waals surface area contributed by atoms with E-state index in [1.165, 1.54) is 0 Å². The Hall–Kier alpha value is -2.15. The Balaban J connectivity index is 2.04. The zero-order valence-electron chi connectivity index (χ0n) is 11.2. The second-order valence-corrected chi connectivity index (χ2v) is 6.20. The number of hydrogen-bond donors (Lipinski definition) is 2. The number of sulfonamides is 1. The first-order valence-electron chi connectivity index (χ1n) is 6.04. The van der Waals surface area contributed by atoms with Gasteiger partial charge in [0.05, 0.1) is 24.2 Å². The van der Waals surface area contributed by atoms with Crippen LogP contribution in [-0.4, -0.2) is 24.6 Å². The molecule has 2 N–H and O–H groups in total. The largest absolute Gasteiger partial charge is 0.377 e. The maximum Gasteiger partial charge on any atom is 0.229 e. The van der Waals surface area contributed by atoms with Crippen LogP contribution >= 0.6 is 0 Å². The van der Waals surface area contributed by atoms with Gasteiger partial charge in [-0.2, -0.15) is 0 Å². The SMILES string of the molecule is CC(Nc1ccc(NS(C)(=O)=O)cc1)c1cnccn1. The number of hydrogen-bond acceptors (Lipinski definition) is 5. The van der Waals surface area contributed by atoms with Crippen molar-refractivity contribution in [3.8, 4) is 0 Å². The molecular weight excluding hydrogens is 276 g/mol. The van der Waals surface area contributed by atoms with Crippen LogP contribution in [0, 0.1) is 0 Å². The van der Waals surface area contributed by atoms with Crippen molar-refractivity contribution in [3.63, 3.8) is 0 Å². The molecule has 0 saturated heterocycles. The molecule has 0 aliphatic heterocycles. The Morgan fingerprint density at radius 2 is 1.75 bits per heavy atom. The van der Waals surface area contributed by atoms with Crippen LogP contribution in [0.1, 0.15) is 18.7 Å². The van der Waals surface area contributed by atoms with Crippen LogP contribution in [0.4, 0.5) is 11.4 Å². The molecule has 0 aliphatic rings. The molecule has 1 unspecified atom stereocenters. The molecule has 0 amide bonds. The van der Waals surface area contributed by atoms with E-state index in [0.717, 1.165) is 17.6 Å². The van der Waals surface area contributed by atoms with Gasteiger partial charge in [-0.1, -0.05) is 0 Å². The lowest BCUT2D eigenvalue weighted by molar-refractivity contribution is 0.607. The van der Waals surface area contributed by atoms with Gasteiger partial charge in [0.25, 0.3) is 0 Å². The lowest BCUT2D eigenvalue weighted by atomic mass is 10.2. The monoisotopic (exact) mass is 292 g/mol. The van der Waals surface area contributed by atoms with Crippen molar-refractivity contribution in [2.75, 3.05) is 16.3 Å². The molecule has 1 aromatic carbocycles. The van der Waals surface area contributed by atoms with Crippen molar-refractivity contribution in [3.05, 3.63) is 48.5 Å². The number of aromatic nitrogens is 2. The molecule has 2 aromatic rings. The lowest BCUT2D eigenvalue weighted by Gasteiger charge is -2.14. The van der Waals surface area contributed by atoms with E-state index in [1.54, 1.807) is 42.9 Å². The summed E-state index contributed by atoms with van der Waals surface area (Å²) in [5, 5.41) is 3.27. The number of nitrogens with one attached hydrogen (secondary N) is 2. The summed E-state index contributed by atoms with van der Waals surface area (Å²) >= 11 is 0. The summed E-state index contributed by atoms with van der Waals surface area (Å²) < 4.78 is 24.6. The molecule has 7 heteroatoms. The maximum atomic E-state index is 11.1. The molecular formula is C13H16N4O2S. The zero-order valence-corrected chi connectivity index (χ0v) is 12.1. The highest BCUT2D eigenvalue weighted by Crippen LogP contribution is 2.19. The van der Waals surface area contributed by atoms with E-state index in [0.29, 0.717) is 5.69 Å². The van der Waals surface area contributed by atoms with Crippen molar-refractivity contribution in [1.29, 1.82) is 0 Å². The first-order chi connectivity index (χ1) is 9.44. The molecule has 2 rings (SSSR count). The molecule has 0 spiro atoms. The van der Waals surface area contributed by atoms with E-state index < -0.39 is 10.0 Å². The summed E-state index contributed by atoms with van der Waals surface area (Å²) in [6.45, 7) is 1.98. The van der Waals surface area contributed by atoms with Crippen molar-refractivity contribution in [2.45, 2.75) is 13.0 Å². The highest BCUT2D eigenvalue weighted by Gasteiger charge is 2.07. The number of rotatable bonds is 5. The van der Waals surface area contributed by atoms with E-state index in [1.807, 2.05) is 6.92 Å². The molecule has 0 bridgehead atoms. The second kappa shape index (κ2) is 5.87. The smallest absolute Gasteiger partial charge is 0.229 e. The first kappa shape index (κ1) is 14.3. The van der Waals surface area contributed by atoms with Crippen molar-refractivity contribution >= 4 is 21.4 Å². The van der Waals surface area contributed by atoms with Crippen LogP contribution in [-0.2, 0) is 10.0 Å². The van der Waals surface area contributed by atoms with E-state index in [9.17, 15) is 8.42 Å². The van der Waals surface area contributed by atoms with Crippen LogP contribution in [0.3, 0.4) is 0 Å². The molecule has 0 aliphatic carbocycles. The van der Waals surface area contributed by atoms with E-state index in [4.69, 9.17) is 0 Å². The Kier molecular flexibility index (Phi) is 4.19. The standard InChI is InChI=1S/C13H16N4O2S/c1-10(13-9-14-7-8-15-13)16-11-3-5-12(6-4-11)17-20(2,18)19/h3-10,16-17H,1-2H3. The lowest BCUT2D eigenvalue weighted by Crippen LogP contribution is -2.10. The predicted octanol–water partition coefficient (Wildman–Crippen LogP) is 2.02.